The molecule has 0 amide bonds. The Morgan fingerprint density at radius 3 is 2.48 bits per heavy atom. The summed E-state index contributed by atoms with van der Waals surface area (Å²) in [6, 6.07) is 16.6. The first-order valence-electron chi connectivity index (χ1n) is 10.3. The van der Waals surface area contributed by atoms with Crippen molar-refractivity contribution in [2.45, 2.75) is 31.3 Å². The minimum atomic E-state index is -1.01. The van der Waals surface area contributed by atoms with Crippen LogP contribution in [0.1, 0.15) is 18.9 Å². The molecular formula is C25H24ClFO5S. The molecule has 0 fully saturated rings. The largest absolute Gasteiger partial charge is 0.487 e. The molecule has 0 radical (unpaired) electrons. The van der Waals surface area contributed by atoms with Crippen LogP contribution < -0.4 is 14.2 Å². The van der Waals surface area contributed by atoms with Crippen molar-refractivity contribution in [2.24, 2.45) is 0 Å². The van der Waals surface area contributed by atoms with Crippen molar-refractivity contribution in [3.63, 3.8) is 0 Å². The molecule has 0 spiro atoms. The summed E-state index contributed by atoms with van der Waals surface area (Å²) in [6.07, 6.45) is 0.688. The first-order chi connectivity index (χ1) is 15.8. The van der Waals surface area contributed by atoms with E-state index in [1.807, 2.05) is 26.0 Å². The van der Waals surface area contributed by atoms with E-state index in [1.54, 1.807) is 48.2 Å². The molecule has 0 saturated heterocycles. The second kappa shape index (κ2) is 11.8. The lowest BCUT2D eigenvalue weighted by Gasteiger charge is -2.18. The van der Waals surface area contributed by atoms with Crippen LogP contribution in [0.5, 0.6) is 23.0 Å². The second-order valence-electron chi connectivity index (χ2n) is 7.32. The Bertz CT molecular complexity index is 1090. The molecule has 0 aliphatic carbocycles. The fourth-order valence-corrected chi connectivity index (χ4v) is 4.19. The Kier molecular flexibility index (Phi) is 8.86. The van der Waals surface area contributed by atoms with Gasteiger partial charge in [0.05, 0.1) is 6.10 Å². The Balaban J connectivity index is 1.54. The van der Waals surface area contributed by atoms with E-state index in [0.717, 1.165) is 22.6 Å². The highest BCUT2D eigenvalue weighted by Gasteiger charge is 2.12. The maximum Gasteiger partial charge on any atom is 0.341 e. The zero-order valence-electron chi connectivity index (χ0n) is 18.2. The standard InChI is InChI=1S/C25H24ClFO5S/c1-16-13-21(8-10-22(16)30-15-25(28)29)33-12-11-17(2)31-23-9-3-18(26)14-24(23)32-20-6-4-19(27)5-7-20/h3-10,13-14,17H,11-12,15H2,1-2H3,(H,28,29)/t17-/m1/s1. The molecule has 174 valence electrons. The first-order valence-corrected chi connectivity index (χ1v) is 11.6. The molecule has 0 aromatic heterocycles. The summed E-state index contributed by atoms with van der Waals surface area (Å²) in [6.45, 7) is 3.50. The van der Waals surface area contributed by atoms with Gasteiger partial charge >= 0.3 is 5.97 Å². The molecule has 3 aromatic carbocycles. The van der Waals surface area contributed by atoms with E-state index in [4.69, 9.17) is 30.9 Å². The van der Waals surface area contributed by atoms with Crippen LogP contribution in [0.2, 0.25) is 5.02 Å². The summed E-state index contributed by atoms with van der Waals surface area (Å²) in [5, 5.41) is 9.25. The number of ether oxygens (including phenoxy) is 3. The number of carboxylic acid groups (broad SMARTS) is 1. The average molecular weight is 491 g/mol. The summed E-state index contributed by atoms with van der Waals surface area (Å²) >= 11 is 7.80. The predicted octanol–water partition coefficient (Wildman–Crippen LogP) is 6.99. The normalized spacial score (nSPS) is 11.6. The minimum absolute atomic E-state index is 0.0893. The van der Waals surface area contributed by atoms with Crippen molar-refractivity contribution in [3.8, 4) is 23.0 Å². The third-order valence-corrected chi connectivity index (χ3v) is 5.83. The van der Waals surface area contributed by atoms with Gasteiger partial charge in [0.25, 0.3) is 0 Å². The van der Waals surface area contributed by atoms with Gasteiger partial charge in [-0.1, -0.05) is 11.6 Å². The molecule has 1 atom stereocenters. The van der Waals surface area contributed by atoms with Crippen LogP contribution in [-0.2, 0) is 4.79 Å². The van der Waals surface area contributed by atoms with E-state index in [1.165, 1.54) is 12.1 Å². The molecule has 3 rings (SSSR count). The summed E-state index contributed by atoms with van der Waals surface area (Å²) < 4.78 is 30.4. The number of halogens is 2. The zero-order valence-corrected chi connectivity index (χ0v) is 19.8. The van der Waals surface area contributed by atoms with Gasteiger partial charge in [-0.15, -0.1) is 11.8 Å². The fourth-order valence-electron chi connectivity index (χ4n) is 2.92. The van der Waals surface area contributed by atoms with Crippen LogP contribution >= 0.6 is 23.4 Å². The highest BCUT2D eigenvalue weighted by atomic mass is 35.5. The van der Waals surface area contributed by atoms with Gasteiger partial charge in [0.2, 0.25) is 0 Å². The summed E-state index contributed by atoms with van der Waals surface area (Å²) in [4.78, 5) is 11.7. The van der Waals surface area contributed by atoms with E-state index in [0.29, 0.717) is 28.0 Å². The van der Waals surface area contributed by atoms with Crippen LogP contribution in [0.3, 0.4) is 0 Å². The lowest BCUT2D eigenvalue weighted by molar-refractivity contribution is -0.139. The molecular weight excluding hydrogens is 467 g/mol. The smallest absolute Gasteiger partial charge is 0.341 e. The van der Waals surface area contributed by atoms with Gasteiger partial charge in [-0.05, 0) is 80.4 Å². The van der Waals surface area contributed by atoms with Crippen molar-refractivity contribution in [2.75, 3.05) is 12.4 Å². The summed E-state index contributed by atoms with van der Waals surface area (Å²) in [5.74, 6) is 1.53. The average Bonchev–Trinajstić information content (AvgIpc) is 2.76. The van der Waals surface area contributed by atoms with Crippen LogP contribution in [0.25, 0.3) is 0 Å². The van der Waals surface area contributed by atoms with Gasteiger partial charge < -0.3 is 19.3 Å². The number of carbonyl (C=O) groups is 1. The van der Waals surface area contributed by atoms with Gasteiger partial charge in [0.1, 0.15) is 17.3 Å². The molecule has 0 aliphatic heterocycles. The molecule has 0 saturated carbocycles. The van der Waals surface area contributed by atoms with Gasteiger partial charge in [-0.2, -0.15) is 0 Å². The first kappa shape index (κ1) is 24.7. The topological polar surface area (TPSA) is 65.0 Å². The number of rotatable bonds is 11. The molecule has 0 aliphatic rings. The predicted molar refractivity (Wildman–Crippen MR) is 128 cm³/mol. The van der Waals surface area contributed by atoms with E-state index in [2.05, 4.69) is 0 Å². The number of carboxylic acids is 1. The SMILES string of the molecule is Cc1cc(SCC[C@@H](C)Oc2ccc(Cl)cc2Oc2ccc(F)cc2)ccc1OCC(=O)O. The lowest BCUT2D eigenvalue weighted by atomic mass is 10.2. The van der Waals surface area contributed by atoms with Gasteiger partial charge in [-0.25, -0.2) is 9.18 Å². The van der Waals surface area contributed by atoms with Crippen LogP contribution in [0, 0.1) is 12.7 Å². The molecule has 3 aromatic rings. The van der Waals surface area contributed by atoms with E-state index >= 15 is 0 Å². The molecule has 0 bridgehead atoms. The van der Waals surface area contributed by atoms with Gasteiger partial charge in [0.15, 0.2) is 18.1 Å². The molecule has 1 N–H and O–H groups in total. The molecule has 0 heterocycles. The van der Waals surface area contributed by atoms with Crippen LogP contribution in [0.15, 0.2) is 65.6 Å². The molecule has 33 heavy (non-hydrogen) atoms. The number of aryl methyl sites for hydroxylation is 1. The molecule has 8 heteroatoms. The Morgan fingerprint density at radius 2 is 1.79 bits per heavy atom. The summed E-state index contributed by atoms with van der Waals surface area (Å²) in [5.41, 5.74) is 0.884. The Labute approximate surface area is 201 Å². The monoisotopic (exact) mass is 490 g/mol. The number of hydrogen-bond acceptors (Lipinski definition) is 5. The van der Waals surface area contributed by atoms with E-state index in [9.17, 15) is 9.18 Å². The van der Waals surface area contributed by atoms with Crippen molar-refractivity contribution in [1.29, 1.82) is 0 Å². The molecule has 0 unspecified atom stereocenters. The van der Waals surface area contributed by atoms with Crippen molar-refractivity contribution < 1.29 is 28.5 Å². The quantitative estimate of drug-likeness (QED) is 0.292. The van der Waals surface area contributed by atoms with Crippen molar-refractivity contribution in [1.82, 2.24) is 0 Å². The van der Waals surface area contributed by atoms with E-state index in [-0.39, 0.29) is 18.5 Å². The van der Waals surface area contributed by atoms with Crippen molar-refractivity contribution in [3.05, 3.63) is 77.1 Å². The number of benzene rings is 3. The maximum atomic E-state index is 13.2. The highest BCUT2D eigenvalue weighted by molar-refractivity contribution is 7.99. The van der Waals surface area contributed by atoms with Crippen molar-refractivity contribution >= 4 is 29.3 Å². The Morgan fingerprint density at radius 1 is 1.06 bits per heavy atom. The number of thioether (sulfide) groups is 1. The summed E-state index contributed by atoms with van der Waals surface area (Å²) in [7, 11) is 0. The van der Waals surface area contributed by atoms with Gasteiger partial charge in [-0.3, -0.25) is 0 Å². The third-order valence-electron chi connectivity index (χ3n) is 4.57. The lowest BCUT2D eigenvalue weighted by Crippen LogP contribution is -2.13. The zero-order chi connectivity index (χ0) is 23.8. The number of aliphatic carboxylic acids is 1. The minimum Gasteiger partial charge on any atom is -0.487 e. The molecule has 5 nitrogen and oxygen atoms in total. The maximum absolute atomic E-state index is 13.2. The highest BCUT2D eigenvalue weighted by Crippen LogP contribution is 2.35. The van der Waals surface area contributed by atoms with Gasteiger partial charge in [0, 0.05) is 21.7 Å². The van der Waals surface area contributed by atoms with E-state index < -0.39 is 5.97 Å². The van der Waals surface area contributed by atoms with Crippen LogP contribution in [0.4, 0.5) is 4.39 Å². The fraction of sp³-hybridized carbons (Fsp3) is 0.240. The number of hydrogen-bond donors (Lipinski definition) is 1. The second-order valence-corrected chi connectivity index (χ2v) is 8.93. The third kappa shape index (κ3) is 7.87. The van der Waals surface area contributed by atoms with Crippen LogP contribution in [-0.4, -0.2) is 29.5 Å². The Hall–Kier alpha value is -2.90.